The van der Waals surface area contributed by atoms with Crippen LogP contribution in [0.25, 0.3) is 0 Å². The molecule has 1 aliphatic rings. The van der Waals surface area contributed by atoms with Crippen molar-refractivity contribution in [3.05, 3.63) is 34.4 Å². The van der Waals surface area contributed by atoms with Crippen LogP contribution in [0.4, 0.5) is 17.6 Å². The monoisotopic (exact) mass is 355 g/mol. The summed E-state index contributed by atoms with van der Waals surface area (Å²) in [6.07, 6.45) is 0. The number of nitrogens with zero attached hydrogens (tertiary/aromatic N) is 1. The molecule has 0 unspecified atom stereocenters. The van der Waals surface area contributed by atoms with Crippen molar-refractivity contribution in [2.45, 2.75) is 13.8 Å². The normalized spacial score (nSPS) is 13.8. The van der Waals surface area contributed by atoms with Crippen molar-refractivity contribution in [1.29, 1.82) is 0 Å². The van der Waals surface area contributed by atoms with Crippen LogP contribution in [-0.4, -0.2) is 43.7 Å². The quantitative estimate of drug-likeness (QED) is 0.352. The third-order valence-electron chi connectivity index (χ3n) is 3.18. The fourth-order valence-electron chi connectivity index (χ4n) is 1.67. The van der Waals surface area contributed by atoms with E-state index in [1.165, 1.54) is 0 Å². The molecule has 0 bridgehead atoms. The lowest BCUT2D eigenvalue weighted by Crippen LogP contribution is -2.24. The highest BCUT2D eigenvalue weighted by atomic mass is 32.2. The lowest BCUT2D eigenvalue weighted by Gasteiger charge is -2.02. The molecule has 0 atom stereocenters. The molecular weight excluding hydrogens is 342 g/mol. The van der Waals surface area contributed by atoms with E-state index in [9.17, 15) is 35.6 Å². The van der Waals surface area contributed by atoms with E-state index < -0.39 is 56.0 Å². The molecule has 1 aromatic carbocycles. The Hall–Kier alpha value is -1.97. The molecule has 23 heavy (non-hydrogen) atoms. The van der Waals surface area contributed by atoms with Crippen LogP contribution >= 0.6 is 0 Å². The van der Waals surface area contributed by atoms with Gasteiger partial charge in [0.1, 0.15) is 9.84 Å². The summed E-state index contributed by atoms with van der Waals surface area (Å²) in [5.41, 5.74) is -2.13. The average Bonchev–Trinajstić information content (AvgIpc) is 2.76. The van der Waals surface area contributed by atoms with Crippen LogP contribution in [0.15, 0.2) is 0 Å². The Morgan fingerprint density at radius 1 is 0.783 bits per heavy atom. The van der Waals surface area contributed by atoms with E-state index in [2.05, 4.69) is 0 Å². The number of rotatable bonds is 2. The van der Waals surface area contributed by atoms with Crippen LogP contribution in [0, 0.1) is 23.3 Å². The molecule has 1 aliphatic heterocycles. The van der Waals surface area contributed by atoms with E-state index in [0.29, 0.717) is 4.90 Å². The molecule has 0 fully saturated rings. The largest absolute Gasteiger partial charge is 0.277 e. The minimum Gasteiger partial charge on any atom is -0.277 e. The highest BCUT2D eigenvalue weighted by Gasteiger charge is 2.42. The number of imide groups is 1. The van der Waals surface area contributed by atoms with Gasteiger partial charge in [-0.3, -0.25) is 14.5 Å². The topological polar surface area (TPSA) is 71.5 Å². The minimum atomic E-state index is -2.66. The van der Waals surface area contributed by atoms with Crippen molar-refractivity contribution in [2.75, 3.05) is 18.6 Å². The minimum absolute atomic E-state index is 0.267. The van der Waals surface area contributed by atoms with E-state index in [1.807, 2.05) is 0 Å². The van der Waals surface area contributed by atoms with Gasteiger partial charge in [-0.2, -0.15) is 0 Å². The van der Waals surface area contributed by atoms with Crippen LogP contribution in [0.5, 0.6) is 0 Å². The van der Waals surface area contributed by atoms with E-state index in [4.69, 9.17) is 0 Å². The van der Waals surface area contributed by atoms with Crippen LogP contribution in [0.3, 0.4) is 0 Å². The number of carbonyl (C=O) groups is 2. The highest BCUT2D eigenvalue weighted by Crippen LogP contribution is 2.30. The predicted molar refractivity (Wildman–Crippen MR) is 72.7 cm³/mol. The number of hydrogen-bond acceptors (Lipinski definition) is 4. The molecule has 0 saturated heterocycles. The van der Waals surface area contributed by atoms with Gasteiger partial charge in [-0.05, 0) is 0 Å². The van der Waals surface area contributed by atoms with Gasteiger partial charge < -0.3 is 0 Å². The number of hydrogen-bond donors (Lipinski definition) is 0. The van der Waals surface area contributed by atoms with Crippen molar-refractivity contribution >= 4 is 21.7 Å². The van der Waals surface area contributed by atoms with Gasteiger partial charge in [-0.25, -0.2) is 26.0 Å². The molecular formula is C13H13F4NO4S. The molecule has 0 aromatic heterocycles. The molecule has 0 spiro atoms. The Morgan fingerprint density at radius 2 is 1.09 bits per heavy atom. The summed E-state index contributed by atoms with van der Waals surface area (Å²) >= 11 is 0. The number of sulfone groups is 1. The van der Waals surface area contributed by atoms with Gasteiger partial charge in [0.25, 0.3) is 11.8 Å². The van der Waals surface area contributed by atoms with Crippen LogP contribution in [-0.2, 0) is 9.84 Å². The van der Waals surface area contributed by atoms with E-state index in [1.54, 1.807) is 13.8 Å². The first-order valence-corrected chi connectivity index (χ1v) is 8.20. The fraction of sp³-hybridized carbons (Fsp3) is 0.385. The first-order valence-electron chi connectivity index (χ1n) is 6.38. The van der Waals surface area contributed by atoms with Gasteiger partial charge in [0, 0.05) is 18.6 Å². The molecule has 0 radical (unpaired) electrons. The summed E-state index contributed by atoms with van der Waals surface area (Å²) in [5.74, 6) is -9.77. The van der Waals surface area contributed by atoms with Crippen molar-refractivity contribution in [2.24, 2.45) is 0 Å². The Bertz CT molecular complexity index is 720. The maximum absolute atomic E-state index is 13.2. The SMILES string of the molecule is CCS(=O)(=O)CC.CN1C(=O)c2c(F)c(F)c(F)c(F)c2C1=O. The Morgan fingerprint density at radius 3 is 1.30 bits per heavy atom. The lowest BCUT2D eigenvalue weighted by molar-refractivity contribution is 0.0690. The number of benzene rings is 1. The van der Waals surface area contributed by atoms with E-state index >= 15 is 0 Å². The number of amides is 2. The smallest absolute Gasteiger partial charge is 0.264 e. The summed E-state index contributed by atoms with van der Waals surface area (Å²) in [5, 5.41) is 0. The molecule has 2 rings (SSSR count). The van der Waals surface area contributed by atoms with Crippen molar-refractivity contribution in [3.63, 3.8) is 0 Å². The third kappa shape index (κ3) is 3.36. The molecule has 2 amide bonds. The fourth-order valence-corrected chi connectivity index (χ4v) is 2.07. The first kappa shape index (κ1) is 19.1. The summed E-state index contributed by atoms with van der Waals surface area (Å²) in [4.78, 5) is 22.9. The van der Waals surface area contributed by atoms with E-state index in [-0.39, 0.29) is 11.5 Å². The number of fused-ring (bicyclic) bond motifs is 1. The standard InChI is InChI=1S/C9H3F4NO2.C4H10O2S/c1-14-8(15)2-3(9(14)16)5(11)7(13)6(12)4(2)10;1-3-7(5,6)4-2/h1H3;3-4H2,1-2H3. The lowest BCUT2D eigenvalue weighted by atomic mass is 10.1. The van der Waals surface area contributed by atoms with Gasteiger partial charge >= 0.3 is 0 Å². The second kappa shape index (κ2) is 6.65. The Kier molecular flexibility index (Phi) is 5.51. The molecule has 128 valence electrons. The average molecular weight is 355 g/mol. The zero-order chi connectivity index (χ0) is 18.1. The van der Waals surface area contributed by atoms with Crippen molar-refractivity contribution in [3.8, 4) is 0 Å². The molecule has 10 heteroatoms. The maximum atomic E-state index is 13.2. The zero-order valence-corrected chi connectivity index (χ0v) is 13.2. The number of halogens is 4. The first-order chi connectivity index (χ1) is 10.5. The zero-order valence-electron chi connectivity index (χ0n) is 12.4. The molecule has 1 heterocycles. The number of carbonyl (C=O) groups excluding carboxylic acids is 2. The molecule has 5 nitrogen and oxygen atoms in total. The van der Waals surface area contributed by atoms with Crippen molar-refractivity contribution in [1.82, 2.24) is 4.90 Å². The van der Waals surface area contributed by atoms with Crippen LogP contribution < -0.4 is 0 Å². The predicted octanol–water partition coefficient (Wildman–Crippen LogP) is 1.91. The van der Waals surface area contributed by atoms with Gasteiger partial charge in [-0.15, -0.1) is 0 Å². The van der Waals surface area contributed by atoms with Gasteiger partial charge in [0.2, 0.25) is 0 Å². The van der Waals surface area contributed by atoms with E-state index in [0.717, 1.165) is 7.05 Å². The molecule has 0 aliphatic carbocycles. The second-order valence-corrected chi connectivity index (χ2v) is 7.14. The molecule has 0 saturated carbocycles. The van der Waals surface area contributed by atoms with Gasteiger partial charge in [0.15, 0.2) is 23.3 Å². The van der Waals surface area contributed by atoms with Crippen molar-refractivity contribution < 1.29 is 35.6 Å². The summed E-state index contributed by atoms with van der Waals surface area (Å²) in [6, 6.07) is 0. The summed E-state index contributed by atoms with van der Waals surface area (Å²) in [7, 11) is -1.70. The van der Waals surface area contributed by atoms with Gasteiger partial charge in [0.05, 0.1) is 11.1 Å². The van der Waals surface area contributed by atoms with Crippen LogP contribution in [0.1, 0.15) is 34.6 Å². The summed E-state index contributed by atoms with van der Waals surface area (Å²) in [6.45, 7) is 3.30. The van der Waals surface area contributed by atoms with Gasteiger partial charge in [-0.1, -0.05) is 13.8 Å². The maximum Gasteiger partial charge on any atom is 0.264 e. The summed E-state index contributed by atoms with van der Waals surface area (Å²) < 4.78 is 72.7. The Labute approximate surface area is 129 Å². The van der Waals surface area contributed by atoms with Crippen LogP contribution in [0.2, 0.25) is 0 Å². The molecule has 0 N–H and O–H groups in total. The third-order valence-corrected chi connectivity index (χ3v) is 4.94. The Balaban J connectivity index is 0.000000322. The highest BCUT2D eigenvalue weighted by molar-refractivity contribution is 7.91. The second-order valence-electron chi connectivity index (χ2n) is 4.50. The molecule has 1 aromatic rings.